The minimum absolute atomic E-state index is 0.429. The highest BCUT2D eigenvalue weighted by molar-refractivity contribution is 4.81. The van der Waals surface area contributed by atoms with Crippen molar-refractivity contribution in [2.75, 3.05) is 19.7 Å². The van der Waals surface area contributed by atoms with Crippen molar-refractivity contribution in [1.29, 1.82) is 0 Å². The molecule has 2 rings (SSSR count). The summed E-state index contributed by atoms with van der Waals surface area (Å²) in [4.78, 5) is 0. The van der Waals surface area contributed by atoms with Gasteiger partial charge in [-0.15, -0.1) is 0 Å². The predicted molar refractivity (Wildman–Crippen MR) is 66.3 cm³/mol. The Hall–Kier alpha value is -0.120. The molecule has 4 atom stereocenters. The first kappa shape index (κ1) is 12.3. The van der Waals surface area contributed by atoms with Crippen LogP contribution in [0.5, 0.6) is 0 Å². The van der Waals surface area contributed by atoms with Crippen molar-refractivity contribution in [3.63, 3.8) is 0 Å². The topological polar surface area (TPSA) is 47.3 Å². The molecular weight excluding hydrogens is 200 g/mol. The van der Waals surface area contributed by atoms with Gasteiger partial charge < -0.3 is 15.8 Å². The van der Waals surface area contributed by atoms with Crippen molar-refractivity contribution in [1.82, 2.24) is 5.32 Å². The van der Waals surface area contributed by atoms with Crippen LogP contribution in [0.4, 0.5) is 0 Å². The SMILES string of the molecule is CC1OCCC1CNCC1CCCCC1N. The molecule has 16 heavy (non-hydrogen) atoms. The van der Waals surface area contributed by atoms with Gasteiger partial charge in [0.25, 0.3) is 0 Å². The van der Waals surface area contributed by atoms with E-state index in [9.17, 15) is 0 Å². The number of hydrogen-bond acceptors (Lipinski definition) is 3. The maximum Gasteiger partial charge on any atom is 0.0588 e. The molecule has 94 valence electrons. The molecule has 0 aromatic rings. The number of nitrogens with two attached hydrogens (primary N) is 1. The Kier molecular flexibility index (Phi) is 4.62. The average Bonchev–Trinajstić information content (AvgIpc) is 2.67. The lowest BCUT2D eigenvalue weighted by atomic mass is 9.85. The fraction of sp³-hybridized carbons (Fsp3) is 1.00. The molecule has 3 heteroatoms. The Morgan fingerprint density at radius 3 is 2.56 bits per heavy atom. The van der Waals surface area contributed by atoms with E-state index in [1.807, 2.05) is 0 Å². The Bertz CT molecular complexity index is 210. The molecule has 0 bridgehead atoms. The normalized spacial score (nSPS) is 40.1. The molecule has 2 aliphatic rings. The third-order valence-electron chi connectivity index (χ3n) is 4.31. The molecule has 0 amide bonds. The fourth-order valence-corrected chi connectivity index (χ4v) is 2.99. The number of ether oxygens (including phenoxy) is 1. The molecule has 1 saturated heterocycles. The number of hydrogen-bond donors (Lipinski definition) is 2. The zero-order valence-electron chi connectivity index (χ0n) is 10.5. The molecule has 1 aliphatic heterocycles. The molecule has 0 aromatic carbocycles. The summed E-state index contributed by atoms with van der Waals surface area (Å²) in [6.07, 6.45) is 6.87. The predicted octanol–water partition coefficient (Wildman–Crippen LogP) is 1.52. The molecular formula is C13H26N2O. The van der Waals surface area contributed by atoms with Gasteiger partial charge in [0.2, 0.25) is 0 Å². The van der Waals surface area contributed by atoms with E-state index in [2.05, 4.69) is 12.2 Å². The van der Waals surface area contributed by atoms with E-state index in [0.717, 1.165) is 19.7 Å². The van der Waals surface area contributed by atoms with Crippen molar-refractivity contribution in [2.45, 2.75) is 51.2 Å². The van der Waals surface area contributed by atoms with E-state index in [0.29, 0.717) is 24.0 Å². The second-order valence-corrected chi connectivity index (χ2v) is 5.49. The molecule has 1 aliphatic carbocycles. The van der Waals surface area contributed by atoms with Gasteiger partial charge >= 0.3 is 0 Å². The van der Waals surface area contributed by atoms with Gasteiger partial charge in [-0.05, 0) is 44.6 Å². The Morgan fingerprint density at radius 2 is 1.88 bits per heavy atom. The van der Waals surface area contributed by atoms with E-state index in [4.69, 9.17) is 10.5 Å². The third-order valence-corrected chi connectivity index (χ3v) is 4.31. The van der Waals surface area contributed by atoms with Crippen molar-refractivity contribution < 1.29 is 4.74 Å². The van der Waals surface area contributed by atoms with Crippen LogP contribution in [0.1, 0.15) is 39.0 Å². The van der Waals surface area contributed by atoms with Gasteiger partial charge in [-0.1, -0.05) is 12.8 Å². The van der Waals surface area contributed by atoms with E-state index in [-0.39, 0.29) is 0 Å². The second kappa shape index (κ2) is 5.99. The van der Waals surface area contributed by atoms with Crippen molar-refractivity contribution in [3.05, 3.63) is 0 Å². The molecule has 0 aromatic heterocycles. The van der Waals surface area contributed by atoms with Gasteiger partial charge in [-0.3, -0.25) is 0 Å². The maximum atomic E-state index is 6.14. The lowest BCUT2D eigenvalue weighted by Gasteiger charge is -2.29. The quantitative estimate of drug-likeness (QED) is 0.764. The highest BCUT2D eigenvalue weighted by Gasteiger charge is 2.25. The highest BCUT2D eigenvalue weighted by atomic mass is 16.5. The summed E-state index contributed by atoms with van der Waals surface area (Å²) in [5, 5.41) is 3.60. The van der Waals surface area contributed by atoms with Crippen molar-refractivity contribution in [3.8, 4) is 0 Å². The largest absolute Gasteiger partial charge is 0.378 e. The molecule has 2 fully saturated rings. The van der Waals surface area contributed by atoms with Crippen LogP contribution >= 0.6 is 0 Å². The summed E-state index contributed by atoms with van der Waals surface area (Å²) in [6, 6.07) is 0.429. The first-order chi connectivity index (χ1) is 7.77. The Labute approximate surface area is 99.1 Å². The van der Waals surface area contributed by atoms with Gasteiger partial charge in [0.15, 0.2) is 0 Å². The van der Waals surface area contributed by atoms with Crippen LogP contribution in [0.2, 0.25) is 0 Å². The van der Waals surface area contributed by atoms with E-state index >= 15 is 0 Å². The average molecular weight is 226 g/mol. The van der Waals surface area contributed by atoms with Gasteiger partial charge in [-0.25, -0.2) is 0 Å². The highest BCUT2D eigenvalue weighted by Crippen LogP contribution is 2.23. The fourth-order valence-electron chi connectivity index (χ4n) is 2.99. The van der Waals surface area contributed by atoms with Gasteiger partial charge in [0.1, 0.15) is 0 Å². The molecule has 3 N–H and O–H groups in total. The van der Waals surface area contributed by atoms with E-state index in [1.54, 1.807) is 0 Å². The van der Waals surface area contributed by atoms with Crippen LogP contribution in [0, 0.1) is 11.8 Å². The zero-order valence-corrected chi connectivity index (χ0v) is 10.5. The lowest BCUT2D eigenvalue weighted by molar-refractivity contribution is 0.105. The van der Waals surface area contributed by atoms with E-state index < -0.39 is 0 Å². The zero-order chi connectivity index (χ0) is 11.4. The van der Waals surface area contributed by atoms with Gasteiger partial charge in [0, 0.05) is 19.2 Å². The summed E-state index contributed by atoms with van der Waals surface area (Å²) < 4.78 is 5.56. The molecule has 3 nitrogen and oxygen atoms in total. The van der Waals surface area contributed by atoms with Crippen molar-refractivity contribution >= 4 is 0 Å². The molecule has 4 unspecified atom stereocenters. The minimum Gasteiger partial charge on any atom is -0.378 e. The van der Waals surface area contributed by atoms with Crippen LogP contribution in [0.15, 0.2) is 0 Å². The first-order valence-corrected chi connectivity index (χ1v) is 6.85. The summed E-state index contributed by atoms with van der Waals surface area (Å²) in [6.45, 7) is 5.33. The summed E-state index contributed by atoms with van der Waals surface area (Å²) in [7, 11) is 0. The standard InChI is InChI=1S/C13H26N2O/c1-10-11(6-7-16-10)8-15-9-12-4-2-3-5-13(12)14/h10-13,15H,2-9,14H2,1H3. The number of nitrogens with one attached hydrogen (secondary N) is 1. The van der Waals surface area contributed by atoms with Crippen LogP contribution < -0.4 is 11.1 Å². The maximum absolute atomic E-state index is 6.14. The smallest absolute Gasteiger partial charge is 0.0588 e. The summed E-state index contributed by atoms with van der Waals surface area (Å²) >= 11 is 0. The lowest BCUT2D eigenvalue weighted by Crippen LogP contribution is -2.41. The Morgan fingerprint density at radius 1 is 1.12 bits per heavy atom. The van der Waals surface area contributed by atoms with Crippen LogP contribution in [0.25, 0.3) is 0 Å². The van der Waals surface area contributed by atoms with Crippen LogP contribution in [-0.2, 0) is 4.74 Å². The molecule has 1 heterocycles. The monoisotopic (exact) mass is 226 g/mol. The number of rotatable bonds is 4. The van der Waals surface area contributed by atoms with Gasteiger partial charge in [-0.2, -0.15) is 0 Å². The summed E-state index contributed by atoms with van der Waals surface area (Å²) in [5.74, 6) is 1.41. The summed E-state index contributed by atoms with van der Waals surface area (Å²) in [5.41, 5.74) is 6.14. The molecule has 0 spiro atoms. The Balaban J connectivity index is 1.63. The van der Waals surface area contributed by atoms with E-state index in [1.165, 1.54) is 32.1 Å². The van der Waals surface area contributed by atoms with Crippen molar-refractivity contribution in [2.24, 2.45) is 17.6 Å². The van der Waals surface area contributed by atoms with Crippen LogP contribution in [-0.4, -0.2) is 31.8 Å². The van der Waals surface area contributed by atoms with Gasteiger partial charge in [0.05, 0.1) is 6.10 Å². The minimum atomic E-state index is 0.429. The molecule has 1 saturated carbocycles. The second-order valence-electron chi connectivity index (χ2n) is 5.49. The third kappa shape index (κ3) is 3.19. The first-order valence-electron chi connectivity index (χ1n) is 6.85. The molecule has 0 radical (unpaired) electrons. The van der Waals surface area contributed by atoms with Crippen LogP contribution in [0.3, 0.4) is 0 Å².